The van der Waals surface area contributed by atoms with Crippen LogP contribution >= 0.6 is 0 Å². The number of fused-ring (bicyclic) bond motifs is 1. The van der Waals surface area contributed by atoms with Crippen molar-refractivity contribution >= 4 is 34.5 Å². The molecule has 15 heteroatoms. The maximum atomic E-state index is 15.1. The number of aromatic amines is 1. The molecule has 47 heavy (non-hydrogen) atoms. The highest BCUT2D eigenvalue weighted by Crippen LogP contribution is 2.25. The Kier molecular flexibility index (Phi) is 8.12. The van der Waals surface area contributed by atoms with Gasteiger partial charge >= 0.3 is 0 Å². The van der Waals surface area contributed by atoms with E-state index in [9.17, 15) is 9.59 Å². The Bertz CT molecular complexity index is 2000. The third-order valence-corrected chi connectivity index (χ3v) is 8.42. The number of benzene rings is 2. The first-order chi connectivity index (χ1) is 22.8. The lowest BCUT2D eigenvalue weighted by molar-refractivity contribution is 0.0741. The van der Waals surface area contributed by atoms with Crippen LogP contribution in [0.2, 0.25) is 0 Å². The van der Waals surface area contributed by atoms with Gasteiger partial charge in [-0.2, -0.15) is 20.1 Å². The van der Waals surface area contributed by atoms with Gasteiger partial charge in [-0.1, -0.05) is 24.3 Å². The molecule has 2 aliphatic heterocycles. The van der Waals surface area contributed by atoms with E-state index in [1.807, 2.05) is 24.0 Å². The van der Waals surface area contributed by atoms with Crippen molar-refractivity contribution in [1.82, 2.24) is 40.0 Å². The third kappa shape index (κ3) is 6.16. The van der Waals surface area contributed by atoms with E-state index in [0.717, 1.165) is 0 Å². The number of aromatic nitrogens is 7. The number of piperazine rings is 1. The molecule has 0 aliphatic carbocycles. The van der Waals surface area contributed by atoms with Gasteiger partial charge in [0.2, 0.25) is 17.8 Å². The monoisotopic (exact) mass is 637 g/mol. The third-order valence-electron chi connectivity index (χ3n) is 8.42. The minimum absolute atomic E-state index is 0.0148. The minimum Gasteiger partial charge on any atom is -0.377 e. The summed E-state index contributed by atoms with van der Waals surface area (Å²) in [5.41, 5.74) is 7.33. The summed E-state index contributed by atoms with van der Waals surface area (Å²) >= 11 is 0. The Labute approximate surface area is 268 Å². The zero-order valence-electron chi connectivity index (χ0n) is 25.6. The lowest BCUT2D eigenvalue weighted by atomic mass is 10.0. The SMILES string of the molecule is C[C@H]1COCCN1c1nc(-c2cnc(N)nc2)nc(N2CCN(C(=O)c3cc(Cc4n[nH]c(=O)c5ccccc45)ccc3F)CC2)n1. The first-order valence-electron chi connectivity index (χ1n) is 15.3. The summed E-state index contributed by atoms with van der Waals surface area (Å²) in [7, 11) is 0. The van der Waals surface area contributed by atoms with Gasteiger partial charge in [0.05, 0.1) is 41.5 Å². The van der Waals surface area contributed by atoms with Gasteiger partial charge in [0.1, 0.15) is 5.82 Å². The number of nitrogens with zero attached hydrogens (tertiary/aromatic N) is 9. The summed E-state index contributed by atoms with van der Waals surface area (Å²) in [5.74, 6) is 0.528. The van der Waals surface area contributed by atoms with Gasteiger partial charge in [-0.05, 0) is 30.7 Å². The average Bonchev–Trinajstić information content (AvgIpc) is 3.10. The van der Waals surface area contributed by atoms with E-state index in [1.54, 1.807) is 41.6 Å². The number of H-pyrrole nitrogens is 1. The van der Waals surface area contributed by atoms with Crippen LogP contribution in [-0.2, 0) is 11.2 Å². The number of nitrogens with one attached hydrogen (secondary N) is 1. The van der Waals surface area contributed by atoms with Crippen LogP contribution in [0.15, 0.2) is 59.7 Å². The minimum atomic E-state index is -0.599. The van der Waals surface area contributed by atoms with Gasteiger partial charge in [-0.15, -0.1) is 0 Å². The predicted octanol–water partition coefficient (Wildman–Crippen LogP) is 2.06. The highest BCUT2D eigenvalue weighted by molar-refractivity contribution is 5.95. The molecular weight excluding hydrogens is 605 g/mol. The molecule has 0 spiro atoms. The summed E-state index contributed by atoms with van der Waals surface area (Å²) in [6, 6.07) is 11.7. The number of hydrogen-bond donors (Lipinski definition) is 2. The molecule has 2 saturated heterocycles. The summed E-state index contributed by atoms with van der Waals surface area (Å²) in [6.45, 7) is 5.32. The van der Waals surface area contributed by atoms with Crippen molar-refractivity contribution in [3.05, 3.63) is 87.9 Å². The lowest BCUT2D eigenvalue weighted by Crippen LogP contribution is -2.50. The van der Waals surface area contributed by atoms with Crippen molar-refractivity contribution in [2.75, 3.05) is 61.5 Å². The van der Waals surface area contributed by atoms with Crippen LogP contribution in [0.3, 0.4) is 0 Å². The molecule has 1 atom stereocenters. The van der Waals surface area contributed by atoms with Gasteiger partial charge in [-0.25, -0.2) is 19.5 Å². The second-order valence-corrected chi connectivity index (χ2v) is 11.5. The van der Waals surface area contributed by atoms with Crippen molar-refractivity contribution in [2.24, 2.45) is 0 Å². The molecule has 14 nitrogen and oxygen atoms in total. The fraction of sp³-hybridized carbons (Fsp3) is 0.312. The smallest absolute Gasteiger partial charge is 0.272 e. The van der Waals surface area contributed by atoms with E-state index < -0.39 is 11.7 Å². The van der Waals surface area contributed by atoms with Gasteiger partial charge in [0, 0.05) is 56.9 Å². The van der Waals surface area contributed by atoms with Crippen LogP contribution in [0, 0.1) is 5.82 Å². The van der Waals surface area contributed by atoms with Crippen LogP contribution < -0.4 is 21.1 Å². The van der Waals surface area contributed by atoms with E-state index >= 15 is 4.39 Å². The maximum Gasteiger partial charge on any atom is 0.272 e. The zero-order chi connectivity index (χ0) is 32.5. The number of rotatable bonds is 6. The number of amides is 1. The quantitative estimate of drug-likeness (QED) is 0.278. The molecular formula is C32H32FN11O3. The fourth-order valence-electron chi connectivity index (χ4n) is 5.86. The maximum absolute atomic E-state index is 15.1. The molecule has 7 rings (SSSR count). The van der Waals surface area contributed by atoms with Gasteiger partial charge in [0.25, 0.3) is 11.5 Å². The average molecular weight is 638 g/mol. The second kappa shape index (κ2) is 12.7. The van der Waals surface area contributed by atoms with Crippen molar-refractivity contribution in [2.45, 2.75) is 19.4 Å². The molecule has 240 valence electrons. The normalized spacial score (nSPS) is 16.9. The van der Waals surface area contributed by atoms with E-state index in [2.05, 4.69) is 25.1 Å². The first-order valence-corrected chi connectivity index (χ1v) is 15.3. The number of ether oxygens (including phenoxy) is 1. The van der Waals surface area contributed by atoms with Crippen LogP contribution in [0.4, 0.5) is 22.2 Å². The molecule has 2 aliphatic rings. The van der Waals surface area contributed by atoms with Gasteiger partial charge in [-0.3, -0.25) is 9.59 Å². The molecule has 2 fully saturated rings. The summed E-state index contributed by atoms with van der Waals surface area (Å²) in [4.78, 5) is 54.0. The zero-order valence-corrected chi connectivity index (χ0v) is 25.6. The molecule has 2 aromatic carbocycles. The van der Waals surface area contributed by atoms with Crippen LogP contribution in [0.5, 0.6) is 0 Å². The van der Waals surface area contributed by atoms with Crippen LogP contribution in [-0.4, -0.2) is 97.9 Å². The largest absolute Gasteiger partial charge is 0.377 e. The number of anilines is 3. The van der Waals surface area contributed by atoms with E-state index in [4.69, 9.17) is 25.4 Å². The molecule has 1 amide bonds. The van der Waals surface area contributed by atoms with E-state index in [1.165, 1.54) is 6.07 Å². The first kappa shape index (κ1) is 30.1. The fourth-order valence-corrected chi connectivity index (χ4v) is 5.86. The second-order valence-electron chi connectivity index (χ2n) is 11.5. The Hall–Kier alpha value is -5.57. The number of carbonyl (C=O) groups excluding carboxylic acids is 1. The summed E-state index contributed by atoms with van der Waals surface area (Å²) < 4.78 is 20.7. The number of nitrogens with two attached hydrogens (primary N) is 1. The molecule has 3 aromatic heterocycles. The topological polar surface area (TPSA) is 172 Å². The molecule has 5 heterocycles. The van der Waals surface area contributed by atoms with E-state index in [-0.39, 0.29) is 23.1 Å². The molecule has 5 aromatic rings. The number of halogens is 1. The number of carbonyl (C=O) groups is 1. The Morgan fingerprint density at radius 1 is 1.00 bits per heavy atom. The number of morpholine rings is 1. The molecule has 0 radical (unpaired) electrons. The molecule has 0 saturated carbocycles. The van der Waals surface area contributed by atoms with Crippen LogP contribution in [0.25, 0.3) is 22.2 Å². The van der Waals surface area contributed by atoms with Crippen molar-refractivity contribution in [3.63, 3.8) is 0 Å². The summed E-state index contributed by atoms with van der Waals surface area (Å²) in [5, 5.41) is 7.98. The standard InChI is InChI=1S/C32H32FN11O3/c1-19-18-47-13-12-44(19)32-38-27(21-16-35-30(34)36-17-21)37-31(39-32)43-10-8-42(9-11-43)29(46)24-14-20(6-7-25(24)33)15-26-22-4-2-3-5-23(22)28(45)41-40-26/h2-7,14,16-17,19H,8-13,15,18H2,1H3,(H,41,45)(H2,34,35,36)/t19-/m0/s1. The molecule has 3 N–H and O–H groups in total. The number of hydrogen-bond acceptors (Lipinski definition) is 12. The Morgan fingerprint density at radius 3 is 2.51 bits per heavy atom. The molecule has 0 bridgehead atoms. The Balaban J connectivity index is 1.10. The number of nitrogen functional groups attached to an aromatic ring is 1. The van der Waals surface area contributed by atoms with Gasteiger partial charge < -0.3 is 25.2 Å². The highest BCUT2D eigenvalue weighted by Gasteiger charge is 2.28. The van der Waals surface area contributed by atoms with E-state index in [0.29, 0.717) is 97.7 Å². The lowest BCUT2D eigenvalue weighted by Gasteiger charge is -2.36. The highest BCUT2D eigenvalue weighted by atomic mass is 19.1. The van der Waals surface area contributed by atoms with Crippen molar-refractivity contribution in [3.8, 4) is 11.4 Å². The Morgan fingerprint density at radius 2 is 1.74 bits per heavy atom. The summed E-state index contributed by atoms with van der Waals surface area (Å²) in [6.07, 6.45) is 3.46. The van der Waals surface area contributed by atoms with Crippen molar-refractivity contribution < 1.29 is 13.9 Å². The van der Waals surface area contributed by atoms with Crippen molar-refractivity contribution in [1.29, 1.82) is 0 Å². The van der Waals surface area contributed by atoms with Crippen LogP contribution in [0.1, 0.15) is 28.5 Å². The van der Waals surface area contributed by atoms with Gasteiger partial charge in [0.15, 0.2) is 5.82 Å². The predicted molar refractivity (Wildman–Crippen MR) is 173 cm³/mol. The molecule has 0 unspecified atom stereocenters.